The van der Waals surface area contributed by atoms with Crippen molar-refractivity contribution in [1.29, 1.82) is 0 Å². The minimum absolute atomic E-state index is 0.0104. The fourth-order valence-corrected chi connectivity index (χ4v) is 5.91. The van der Waals surface area contributed by atoms with Gasteiger partial charge < -0.3 is 10.6 Å². The summed E-state index contributed by atoms with van der Waals surface area (Å²) in [5.74, 6) is -0.148. The quantitative estimate of drug-likeness (QED) is 0.677. The van der Waals surface area contributed by atoms with Crippen LogP contribution < -0.4 is 10.6 Å². The first-order valence-electron chi connectivity index (χ1n) is 11.7. The van der Waals surface area contributed by atoms with Crippen molar-refractivity contribution < 1.29 is 18.0 Å². The van der Waals surface area contributed by atoms with Crippen molar-refractivity contribution in [3.8, 4) is 0 Å². The van der Waals surface area contributed by atoms with Crippen LogP contribution >= 0.6 is 0 Å². The van der Waals surface area contributed by atoms with Gasteiger partial charge in [0.25, 0.3) is 5.91 Å². The normalized spacial score (nSPS) is 17.4. The fourth-order valence-electron chi connectivity index (χ4n) is 4.40. The Labute approximate surface area is 195 Å². The molecule has 2 aromatic rings. The summed E-state index contributed by atoms with van der Waals surface area (Å²) in [5, 5.41) is 5.81. The maximum Gasteiger partial charge on any atom is 0.251 e. The molecule has 0 unspecified atom stereocenters. The molecule has 0 aromatic heterocycles. The van der Waals surface area contributed by atoms with Crippen molar-refractivity contribution in [2.75, 3.05) is 25.0 Å². The lowest BCUT2D eigenvalue weighted by Crippen LogP contribution is -2.31. The summed E-state index contributed by atoms with van der Waals surface area (Å²) in [6.07, 6.45) is 6.63. The highest BCUT2D eigenvalue weighted by molar-refractivity contribution is 7.89. The molecule has 2 N–H and O–H groups in total. The molecule has 0 saturated carbocycles. The lowest BCUT2D eigenvalue weighted by atomic mass is 10.0. The summed E-state index contributed by atoms with van der Waals surface area (Å²) in [5.41, 5.74) is 3.30. The number of rotatable bonds is 6. The zero-order valence-corrected chi connectivity index (χ0v) is 19.6. The third-order valence-electron chi connectivity index (χ3n) is 6.32. The van der Waals surface area contributed by atoms with Crippen LogP contribution in [0.4, 0.5) is 5.69 Å². The van der Waals surface area contributed by atoms with Crippen LogP contribution in [0.5, 0.6) is 0 Å². The molecule has 0 bridgehead atoms. The molecular weight excluding hydrogens is 438 g/mol. The van der Waals surface area contributed by atoms with Crippen LogP contribution in [0.3, 0.4) is 0 Å². The van der Waals surface area contributed by atoms with Gasteiger partial charge in [0, 0.05) is 37.3 Å². The second-order valence-electron chi connectivity index (χ2n) is 8.74. The molecule has 0 aliphatic carbocycles. The summed E-state index contributed by atoms with van der Waals surface area (Å²) >= 11 is 0. The Morgan fingerprint density at radius 2 is 1.67 bits per heavy atom. The standard InChI is InChI=1S/C25H31N3O4S/c29-24-7-5-6-20-18-21(10-13-23(20)27-24)25(30)26-15-14-19-8-11-22(12-9-19)33(31,32)28-16-3-1-2-4-17-28/h8-13,18H,1-7,14-17H2,(H,26,30)(H,27,29). The van der Waals surface area contributed by atoms with Crippen LogP contribution in [0.1, 0.15) is 60.0 Å². The molecule has 0 radical (unpaired) electrons. The molecule has 0 atom stereocenters. The molecule has 2 heterocycles. The molecule has 8 heteroatoms. The van der Waals surface area contributed by atoms with Gasteiger partial charge in [0.05, 0.1) is 4.90 Å². The molecule has 2 aliphatic rings. The maximum absolute atomic E-state index is 12.9. The van der Waals surface area contributed by atoms with Crippen LogP contribution in [0.2, 0.25) is 0 Å². The van der Waals surface area contributed by atoms with E-state index in [0.717, 1.165) is 55.3 Å². The van der Waals surface area contributed by atoms with Crippen molar-refractivity contribution in [2.24, 2.45) is 0 Å². The molecule has 2 aromatic carbocycles. The molecule has 7 nitrogen and oxygen atoms in total. The lowest BCUT2D eigenvalue weighted by molar-refractivity contribution is -0.116. The largest absolute Gasteiger partial charge is 0.352 e. The molecular formula is C25H31N3O4S. The zero-order valence-electron chi connectivity index (χ0n) is 18.8. The van der Waals surface area contributed by atoms with Gasteiger partial charge in [0.1, 0.15) is 0 Å². The Balaban J connectivity index is 1.32. The number of nitrogens with one attached hydrogen (secondary N) is 2. The van der Waals surface area contributed by atoms with E-state index in [4.69, 9.17) is 0 Å². The van der Waals surface area contributed by atoms with E-state index in [2.05, 4.69) is 10.6 Å². The Kier molecular flexibility index (Phi) is 7.45. The summed E-state index contributed by atoms with van der Waals surface area (Å²) in [4.78, 5) is 24.6. The Morgan fingerprint density at radius 1 is 0.939 bits per heavy atom. The molecule has 0 spiro atoms. The van der Waals surface area contributed by atoms with Crippen LogP contribution in [-0.2, 0) is 27.7 Å². The van der Waals surface area contributed by atoms with E-state index < -0.39 is 10.0 Å². The highest BCUT2D eigenvalue weighted by Gasteiger charge is 2.25. The average Bonchev–Trinajstić information content (AvgIpc) is 3.19. The first-order valence-corrected chi connectivity index (χ1v) is 13.2. The summed E-state index contributed by atoms with van der Waals surface area (Å²) < 4.78 is 27.4. The second kappa shape index (κ2) is 10.5. The smallest absolute Gasteiger partial charge is 0.251 e. The van der Waals surface area contributed by atoms with Gasteiger partial charge in [-0.1, -0.05) is 25.0 Å². The van der Waals surface area contributed by atoms with E-state index in [1.165, 1.54) is 0 Å². The third-order valence-corrected chi connectivity index (χ3v) is 8.23. The summed E-state index contributed by atoms with van der Waals surface area (Å²) in [7, 11) is -3.45. The average molecular weight is 470 g/mol. The molecule has 1 fully saturated rings. The van der Waals surface area contributed by atoms with Crippen molar-refractivity contribution >= 4 is 27.5 Å². The Morgan fingerprint density at radius 3 is 2.39 bits per heavy atom. The van der Waals surface area contributed by atoms with Gasteiger partial charge >= 0.3 is 0 Å². The van der Waals surface area contributed by atoms with E-state index in [1.807, 2.05) is 18.2 Å². The van der Waals surface area contributed by atoms with Crippen LogP contribution in [0, 0.1) is 0 Å². The van der Waals surface area contributed by atoms with Crippen molar-refractivity contribution in [2.45, 2.75) is 56.3 Å². The van der Waals surface area contributed by atoms with Gasteiger partial charge in [-0.2, -0.15) is 4.31 Å². The predicted molar refractivity (Wildman–Crippen MR) is 128 cm³/mol. The van der Waals surface area contributed by atoms with Gasteiger partial charge in [0.15, 0.2) is 0 Å². The highest BCUT2D eigenvalue weighted by atomic mass is 32.2. The van der Waals surface area contributed by atoms with Crippen molar-refractivity contribution in [3.05, 3.63) is 59.2 Å². The number of amides is 2. The van der Waals surface area contributed by atoms with Gasteiger partial charge in [-0.05, 0) is 73.6 Å². The fraction of sp³-hybridized carbons (Fsp3) is 0.440. The number of fused-ring (bicyclic) bond motifs is 1. The zero-order chi connectivity index (χ0) is 23.3. The first-order chi connectivity index (χ1) is 15.9. The molecule has 2 amide bonds. The first kappa shape index (κ1) is 23.4. The van der Waals surface area contributed by atoms with E-state index >= 15 is 0 Å². The van der Waals surface area contributed by atoms with Crippen LogP contribution in [-0.4, -0.2) is 44.2 Å². The van der Waals surface area contributed by atoms with Gasteiger partial charge in [0.2, 0.25) is 15.9 Å². The lowest BCUT2D eigenvalue weighted by Gasteiger charge is -2.20. The Bertz CT molecular complexity index is 1100. The van der Waals surface area contributed by atoms with Gasteiger partial charge in [-0.15, -0.1) is 0 Å². The number of hydrogen-bond acceptors (Lipinski definition) is 4. The van der Waals surface area contributed by atoms with E-state index in [0.29, 0.717) is 42.9 Å². The number of carbonyl (C=O) groups is 2. The molecule has 4 rings (SSSR count). The van der Waals surface area contributed by atoms with E-state index in [-0.39, 0.29) is 11.8 Å². The number of carbonyl (C=O) groups excluding carboxylic acids is 2. The van der Waals surface area contributed by atoms with Gasteiger partial charge in [-0.3, -0.25) is 9.59 Å². The number of benzene rings is 2. The predicted octanol–water partition coefficient (Wildman–Crippen LogP) is 3.50. The molecule has 1 saturated heterocycles. The Hall–Kier alpha value is -2.71. The number of hydrogen-bond donors (Lipinski definition) is 2. The number of nitrogens with zero attached hydrogens (tertiary/aromatic N) is 1. The summed E-state index contributed by atoms with van der Waals surface area (Å²) in [6, 6.07) is 12.3. The summed E-state index contributed by atoms with van der Waals surface area (Å²) in [6.45, 7) is 1.63. The van der Waals surface area contributed by atoms with Crippen molar-refractivity contribution in [1.82, 2.24) is 9.62 Å². The monoisotopic (exact) mass is 469 g/mol. The number of sulfonamides is 1. The SMILES string of the molecule is O=C1CCCc2cc(C(=O)NCCc3ccc(S(=O)(=O)N4CCCCCC4)cc3)ccc2N1. The number of aryl methyl sites for hydroxylation is 1. The molecule has 2 aliphatic heterocycles. The molecule has 176 valence electrons. The maximum atomic E-state index is 12.9. The topological polar surface area (TPSA) is 95.6 Å². The van der Waals surface area contributed by atoms with E-state index in [1.54, 1.807) is 28.6 Å². The van der Waals surface area contributed by atoms with E-state index in [9.17, 15) is 18.0 Å². The third kappa shape index (κ3) is 5.81. The minimum Gasteiger partial charge on any atom is -0.352 e. The van der Waals surface area contributed by atoms with Crippen LogP contribution in [0.15, 0.2) is 47.4 Å². The second-order valence-corrected chi connectivity index (χ2v) is 10.7. The molecule has 33 heavy (non-hydrogen) atoms. The number of anilines is 1. The van der Waals surface area contributed by atoms with Crippen molar-refractivity contribution in [3.63, 3.8) is 0 Å². The van der Waals surface area contributed by atoms with Crippen LogP contribution in [0.25, 0.3) is 0 Å². The highest BCUT2D eigenvalue weighted by Crippen LogP contribution is 2.23. The minimum atomic E-state index is -3.45. The van der Waals surface area contributed by atoms with Gasteiger partial charge in [-0.25, -0.2) is 8.42 Å².